The largest absolute Gasteiger partial charge is 0.458 e. The molecule has 2 aromatic carbocycles. The van der Waals surface area contributed by atoms with Crippen molar-refractivity contribution >= 4 is 35.1 Å². The van der Waals surface area contributed by atoms with Crippen LogP contribution in [-0.2, 0) is 14.3 Å². The van der Waals surface area contributed by atoms with Crippen LogP contribution in [0.15, 0.2) is 48.5 Å². The van der Waals surface area contributed by atoms with Gasteiger partial charge in [0.1, 0.15) is 11.6 Å². The number of esters is 1. The van der Waals surface area contributed by atoms with E-state index in [-0.39, 0.29) is 35.1 Å². The van der Waals surface area contributed by atoms with E-state index in [1.807, 2.05) is 83.1 Å². The second-order valence-corrected chi connectivity index (χ2v) is 13.8. The topological polar surface area (TPSA) is 67.4 Å². The maximum atomic E-state index is 14.0. The monoisotopic (exact) mass is 560 g/mol. The summed E-state index contributed by atoms with van der Waals surface area (Å²) in [5, 5.41) is 7.98. The van der Waals surface area contributed by atoms with Crippen molar-refractivity contribution in [2.24, 2.45) is 11.3 Å². The zero-order chi connectivity index (χ0) is 28.4. The lowest BCUT2D eigenvalue weighted by Gasteiger charge is -2.30. The molecule has 5 nitrogen and oxygen atoms in total. The number of hydrogen-bond acceptors (Lipinski definition) is 4. The number of benzene rings is 2. The molecule has 1 aliphatic rings. The summed E-state index contributed by atoms with van der Waals surface area (Å²) in [6, 6.07) is 14.2. The minimum Gasteiger partial charge on any atom is -0.458 e. The van der Waals surface area contributed by atoms with Crippen molar-refractivity contribution in [2.75, 3.05) is 0 Å². The van der Waals surface area contributed by atoms with Crippen molar-refractivity contribution in [3.8, 4) is 0 Å². The second kappa shape index (κ2) is 12.0. The number of nitrogens with one attached hydrogen (secondary N) is 2. The summed E-state index contributed by atoms with van der Waals surface area (Å²) < 4.78 is 5.64. The Hall–Kier alpha value is -2.08. The number of halogens is 2. The van der Waals surface area contributed by atoms with E-state index in [9.17, 15) is 9.59 Å². The summed E-state index contributed by atoms with van der Waals surface area (Å²) >= 11 is 12.7. The maximum Gasteiger partial charge on any atom is 0.329 e. The first kappa shape index (κ1) is 30.5. The molecule has 0 aromatic heterocycles. The number of hydrogen-bond donors (Lipinski definition) is 2. The normalized spacial score (nSPS) is 22.8. The van der Waals surface area contributed by atoms with Gasteiger partial charge in [0.05, 0.1) is 6.04 Å². The third-order valence-electron chi connectivity index (χ3n) is 6.80. The van der Waals surface area contributed by atoms with Crippen molar-refractivity contribution in [3.63, 3.8) is 0 Å². The quantitative estimate of drug-likeness (QED) is 0.353. The van der Waals surface area contributed by atoms with Gasteiger partial charge in [-0.2, -0.15) is 0 Å². The molecule has 2 aromatic rings. The van der Waals surface area contributed by atoms with Gasteiger partial charge in [0.25, 0.3) is 0 Å². The number of carbonyl (C=O) groups excluding carboxylic acids is 2. The van der Waals surface area contributed by atoms with Gasteiger partial charge in [-0.25, -0.2) is 4.79 Å². The van der Waals surface area contributed by atoms with E-state index in [0.717, 1.165) is 17.5 Å². The van der Waals surface area contributed by atoms with E-state index in [1.54, 1.807) is 0 Å². The molecule has 7 heteroatoms. The molecule has 1 heterocycles. The first-order valence-electron chi connectivity index (χ1n) is 13.4. The highest BCUT2D eigenvalue weighted by Gasteiger charge is 2.49. The highest BCUT2D eigenvalue weighted by Crippen LogP contribution is 2.47. The van der Waals surface area contributed by atoms with Gasteiger partial charge in [0.15, 0.2) is 0 Å². The summed E-state index contributed by atoms with van der Waals surface area (Å²) in [7, 11) is 0. The molecule has 0 aliphatic carbocycles. The van der Waals surface area contributed by atoms with E-state index in [2.05, 4.69) is 31.4 Å². The average molecular weight is 562 g/mol. The van der Waals surface area contributed by atoms with Crippen molar-refractivity contribution < 1.29 is 14.3 Å². The Morgan fingerprint density at radius 2 is 1.55 bits per heavy atom. The van der Waals surface area contributed by atoms with Crippen LogP contribution in [0.4, 0.5) is 0 Å². The summed E-state index contributed by atoms with van der Waals surface area (Å²) in [5.41, 5.74) is 1.44. The molecule has 1 aliphatic heterocycles. The van der Waals surface area contributed by atoms with Gasteiger partial charge in [-0.05, 0) is 73.9 Å². The zero-order valence-electron chi connectivity index (χ0n) is 23.8. The Kier molecular flexibility index (Phi) is 9.60. The van der Waals surface area contributed by atoms with Crippen LogP contribution in [0.25, 0.3) is 0 Å². The van der Waals surface area contributed by atoms with E-state index in [0.29, 0.717) is 10.0 Å². The van der Waals surface area contributed by atoms with E-state index < -0.39 is 23.7 Å². The number of carbonyl (C=O) groups is 2. The molecule has 1 amide bonds. The van der Waals surface area contributed by atoms with Crippen LogP contribution in [0.2, 0.25) is 10.0 Å². The molecular weight excluding hydrogens is 519 g/mol. The zero-order valence-corrected chi connectivity index (χ0v) is 25.3. The average Bonchev–Trinajstić information content (AvgIpc) is 3.14. The van der Waals surface area contributed by atoms with E-state index >= 15 is 0 Å². The third-order valence-corrected chi connectivity index (χ3v) is 7.29. The second-order valence-electron chi connectivity index (χ2n) is 12.9. The fourth-order valence-corrected chi connectivity index (χ4v) is 5.65. The standard InChI is InChI=1S/C31H42Cl2N2O3/c1-18(2)26(29(37)38-31(6,7)8)35-28(36)27-25(20-10-9-11-22(33)16-20)24(19-12-14-21(32)15-13-19)23(34-27)17-30(3,4)5/h9-16,18,23-27,34H,17H2,1-8H3,(H,35,36)/t23-,24+,25-,26?,27+/m1/s1. The molecule has 0 saturated carbocycles. The lowest BCUT2D eigenvalue weighted by molar-refractivity contribution is -0.160. The molecule has 1 saturated heterocycles. The predicted octanol–water partition coefficient (Wildman–Crippen LogP) is 7.12. The number of rotatable bonds is 7. The summed E-state index contributed by atoms with van der Waals surface area (Å²) in [6.45, 7) is 15.9. The van der Waals surface area contributed by atoms with Crippen LogP contribution in [0.3, 0.4) is 0 Å². The van der Waals surface area contributed by atoms with Gasteiger partial charge in [0, 0.05) is 27.9 Å². The van der Waals surface area contributed by atoms with Crippen LogP contribution in [0.1, 0.15) is 84.8 Å². The molecular formula is C31H42Cl2N2O3. The van der Waals surface area contributed by atoms with Crippen molar-refractivity contribution in [2.45, 2.75) is 97.4 Å². The number of ether oxygens (including phenoxy) is 1. The lowest BCUT2D eigenvalue weighted by atomic mass is 9.74. The van der Waals surface area contributed by atoms with Crippen molar-refractivity contribution in [3.05, 3.63) is 69.7 Å². The Balaban J connectivity index is 2.06. The van der Waals surface area contributed by atoms with Crippen molar-refractivity contribution in [1.29, 1.82) is 0 Å². The van der Waals surface area contributed by atoms with Crippen LogP contribution in [0, 0.1) is 11.3 Å². The molecule has 0 spiro atoms. The SMILES string of the molecule is CC(C)C(NC(=O)[C@H]1N[C@H](CC(C)(C)C)[C@H](c2ccc(Cl)cc2)[C@H]1c1cccc(Cl)c1)C(=O)OC(C)(C)C. The Labute approximate surface area is 238 Å². The molecule has 5 atom stereocenters. The number of amides is 1. The molecule has 1 fully saturated rings. The third kappa shape index (κ3) is 7.97. The van der Waals surface area contributed by atoms with Gasteiger partial charge in [0.2, 0.25) is 5.91 Å². The molecule has 0 radical (unpaired) electrons. The van der Waals surface area contributed by atoms with Gasteiger partial charge >= 0.3 is 5.97 Å². The minimum atomic E-state index is -0.765. The van der Waals surface area contributed by atoms with Crippen LogP contribution >= 0.6 is 23.2 Å². The summed E-state index contributed by atoms with van der Waals surface area (Å²) in [5.74, 6) is -1.03. The van der Waals surface area contributed by atoms with Gasteiger partial charge < -0.3 is 15.4 Å². The molecule has 0 bridgehead atoms. The summed E-state index contributed by atoms with van der Waals surface area (Å²) in [4.78, 5) is 27.0. The van der Waals surface area contributed by atoms with Crippen LogP contribution < -0.4 is 10.6 Å². The highest BCUT2D eigenvalue weighted by atomic mass is 35.5. The lowest BCUT2D eigenvalue weighted by Crippen LogP contribution is -2.53. The Morgan fingerprint density at radius 1 is 0.921 bits per heavy atom. The first-order chi connectivity index (χ1) is 17.6. The fraction of sp³-hybridized carbons (Fsp3) is 0.548. The molecule has 3 rings (SSSR count). The van der Waals surface area contributed by atoms with Crippen molar-refractivity contribution in [1.82, 2.24) is 10.6 Å². The van der Waals surface area contributed by atoms with Gasteiger partial charge in [-0.15, -0.1) is 0 Å². The fourth-order valence-electron chi connectivity index (χ4n) is 5.32. The minimum absolute atomic E-state index is 0.00920. The Morgan fingerprint density at radius 3 is 2.08 bits per heavy atom. The Bertz CT molecular complexity index is 1120. The molecule has 38 heavy (non-hydrogen) atoms. The maximum absolute atomic E-state index is 14.0. The van der Waals surface area contributed by atoms with E-state index in [1.165, 1.54) is 0 Å². The highest BCUT2D eigenvalue weighted by molar-refractivity contribution is 6.30. The van der Waals surface area contributed by atoms with E-state index in [4.69, 9.17) is 27.9 Å². The van der Waals surface area contributed by atoms with Gasteiger partial charge in [-0.1, -0.05) is 82.1 Å². The van der Waals surface area contributed by atoms with Crippen LogP contribution in [0.5, 0.6) is 0 Å². The first-order valence-corrected chi connectivity index (χ1v) is 14.1. The van der Waals surface area contributed by atoms with Crippen LogP contribution in [-0.4, -0.2) is 35.6 Å². The molecule has 1 unspecified atom stereocenters. The summed E-state index contributed by atoms with van der Waals surface area (Å²) in [6.07, 6.45) is 0.848. The van der Waals surface area contributed by atoms with Gasteiger partial charge in [-0.3, -0.25) is 4.79 Å². The molecule has 2 N–H and O–H groups in total. The predicted molar refractivity (Wildman–Crippen MR) is 156 cm³/mol. The molecule has 208 valence electrons. The smallest absolute Gasteiger partial charge is 0.329 e.